The van der Waals surface area contributed by atoms with E-state index in [4.69, 9.17) is 11.6 Å². The van der Waals surface area contributed by atoms with E-state index in [9.17, 15) is 14.9 Å². The van der Waals surface area contributed by atoms with Gasteiger partial charge in [0, 0.05) is 29.6 Å². The van der Waals surface area contributed by atoms with E-state index < -0.39 is 4.92 Å². The summed E-state index contributed by atoms with van der Waals surface area (Å²) in [6.07, 6.45) is 2.79. The highest BCUT2D eigenvalue weighted by atomic mass is 35.5. The van der Waals surface area contributed by atoms with Crippen molar-refractivity contribution < 1.29 is 9.72 Å². The molecule has 1 N–H and O–H groups in total. The first-order chi connectivity index (χ1) is 10.1. The summed E-state index contributed by atoms with van der Waals surface area (Å²) in [5, 5.41) is 13.6. The van der Waals surface area contributed by atoms with Gasteiger partial charge in [-0.25, -0.2) is 0 Å². The molecule has 0 fully saturated rings. The minimum absolute atomic E-state index is 0.0647. The van der Waals surface area contributed by atoms with E-state index in [1.54, 1.807) is 30.3 Å². The van der Waals surface area contributed by atoms with Gasteiger partial charge in [0.25, 0.3) is 5.69 Å². The van der Waals surface area contributed by atoms with Gasteiger partial charge in [0.1, 0.15) is 5.02 Å². The molecule has 2 aromatic carbocycles. The lowest BCUT2D eigenvalue weighted by Gasteiger charge is -2.01. The molecular formula is C15H11ClN2O3. The molecule has 6 heteroatoms. The Morgan fingerprint density at radius 2 is 1.90 bits per heavy atom. The molecule has 0 aliphatic carbocycles. The zero-order valence-corrected chi connectivity index (χ0v) is 11.6. The maximum atomic E-state index is 11.8. The Morgan fingerprint density at radius 3 is 2.57 bits per heavy atom. The molecule has 0 aliphatic rings. The third-order valence-corrected chi connectivity index (χ3v) is 3.01. The number of benzene rings is 2. The molecule has 2 rings (SSSR count). The molecule has 2 aromatic rings. The number of anilines is 1. The Labute approximate surface area is 126 Å². The highest BCUT2D eigenvalue weighted by molar-refractivity contribution is 6.32. The fourth-order valence-electron chi connectivity index (χ4n) is 1.65. The van der Waals surface area contributed by atoms with Crippen molar-refractivity contribution in [2.45, 2.75) is 0 Å². The summed E-state index contributed by atoms with van der Waals surface area (Å²) in [7, 11) is 0. The lowest BCUT2D eigenvalue weighted by atomic mass is 10.1. The Kier molecular flexibility index (Phi) is 4.68. The predicted molar refractivity (Wildman–Crippen MR) is 81.6 cm³/mol. The van der Waals surface area contributed by atoms with Gasteiger partial charge in [-0.05, 0) is 12.1 Å². The van der Waals surface area contributed by atoms with E-state index in [0.717, 1.165) is 0 Å². The molecule has 0 bridgehead atoms. The van der Waals surface area contributed by atoms with E-state index in [2.05, 4.69) is 5.32 Å². The van der Waals surface area contributed by atoms with Crippen molar-refractivity contribution >= 4 is 28.8 Å². The van der Waals surface area contributed by atoms with Crippen LogP contribution in [-0.2, 0) is 0 Å². The summed E-state index contributed by atoms with van der Waals surface area (Å²) in [5.74, 6) is -0.161. The number of nitro groups is 1. The number of nitro benzene ring substituents is 1. The molecule has 0 aliphatic heterocycles. The second-order valence-corrected chi connectivity index (χ2v) is 4.54. The molecule has 21 heavy (non-hydrogen) atoms. The number of nitrogens with one attached hydrogen (secondary N) is 1. The van der Waals surface area contributed by atoms with Crippen LogP contribution in [0.5, 0.6) is 0 Å². The second-order valence-electron chi connectivity index (χ2n) is 4.13. The first-order valence-corrected chi connectivity index (χ1v) is 6.42. The standard InChI is InChI=1S/C15H11ClN2O3/c16-13-7-6-12(10-14(13)18(20)21)17-9-8-15(19)11-4-2-1-3-5-11/h1-10,17H. The Balaban J connectivity index is 2.06. The molecule has 0 heterocycles. The summed E-state index contributed by atoms with van der Waals surface area (Å²) in [5.41, 5.74) is 0.852. The van der Waals surface area contributed by atoms with Crippen molar-refractivity contribution in [3.05, 3.63) is 81.5 Å². The minimum atomic E-state index is -0.563. The molecule has 0 atom stereocenters. The van der Waals surface area contributed by atoms with Crippen LogP contribution in [0.3, 0.4) is 0 Å². The molecule has 0 radical (unpaired) electrons. The number of ketones is 1. The summed E-state index contributed by atoms with van der Waals surface area (Å²) in [4.78, 5) is 22.0. The molecule has 0 spiro atoms. The second kappa shape index (κ2) is 6.67. The summed E-state index contributed by atoms with van der Waals surface area (Å²) in [6.45, 7) is 0. The van der Waals surface area contributed by atoms with Gasteiger partial charge in [-0.1, -0.05) is 41.9 Å². The number of hydrogen-bond acceptors (Lipinski definition) is 4. The zero-order valence-electron chi connectivity index (χ0n) is 10.8. The molecule has 0 aromatic heterocycles. The number of allylic oxidation sites excluding steroid dienone is 1. The maximum Gasteiger partial charge on any atom is 0.289 e. The third kappa shape index (κ3) is 3.90. The predicted octanol–water partition coefficient (Wildman–Crippen LogP) is 4.06. The van der Waals surface area contributed by atoms with E-state index in [0.29, 0.717) is 11.3 Å². The molecule has 0 amide bonds. The highest BCUT2D eigenvalue weighted by Crippen LogP contribution is 2.27. The normalized spacial score (nSPS) is 10.5. The fourth-order valence-corrected chi connectivity index (χ4v) is 1.84. The smallest absolute Gasteiger partial charge is 0.289 e. The van der Waals surface area contributed by atoms with Gasteiger partial charge in [-0.3, -0.25) is 14.9 Å². The molecule has 0 saturated heterocycles. The summed E-state index contributed by atoms with van der Waals surface area (Å²) >= 11 is 5.71. The van der Waals surface area contributed by atoms with Crippen molar-refractivity contribution in [1.82, 2.24) is 0 Å². The van der Waals surface area contributed by atoms with Crippen LogP contribution >= 0.6 is 11.6 Å². The highest BCUT2D eigenvalue weighted by Gasteiger charge is 2.12. The molecule has 5 nitrogen and oxygen atoms in total. The summed E-state index contributed by atoms with van der Waals surface area (Å²) < 4.78 is 0. The van der Waals surface area contributed by atoms with E-state index in [1.165, 1.54) is 24.4 Å². The quantitative estimate of drug-likeness (QED) is 0.391. The SMILES string of the molecule is O=C(C=CNc1ccc(Cl)c([N+](=O)[O-])c1)c1ccccc1. The van der Waals surface area contributed by atoms with Crippen LogP contribution in [0.25, 0.3) is 0 Å². The average molecular weight is 303 g/mol. The fraction of sp³-hybridized carbons (Fsp3) is 0. The Morgan fingerprint density at radius 1 is 1.19 bits per heavy atom. The number of hydrogen-bond donors (Lipinski definition) is 1. The van der Waals surface area contributed by atoms with Crippen molar-refractivity contribution in [2.24, 2.45) is 0 Å². The van der Waals surface area contributed by atoms with Crippen molar-refractivity contribution in [1.29, 1.82) is 0 Å². The Bertz CT molecular complexity index is 699. The van der Waals surface area contributed by atoms with Gasteiger partial charge in [-0.15, -0.1) is 0 Å². The zero-order chi connectivity index (χ0) is 15.2. The lowest BCUT2D eigenvalue weighted by molar-refractivity contribution is -0.384. The minimum Gasteiger partial charge on any atom is -0.361 e. The number of carbonyl (C=O) groups is 1. The van der Waals surface area contributed by atoms with Gasteiger partial charge in [0.05, 0.1) is 4.92 Å². The van der Waals surface area contributed by atoms with Gasteiger partial charge >= 0.3 is 0 Å². The summed E-state index contributed by atoms with van der Waals surface area (Å²) in [6, 6.07) is 13.1. The molecule has 106 valence electrons. The average Bonchev–Trinajstić information content (AvgIpc) is 2.49. The van der Waals surface area contributed by atoms with Gasteiger partial charge in [0.2, 0.25) is 0 Å². The number of halogens is 1. The van der Waals surface area contributed by atoms with Crippen molar-refractivity contribution in [2.75, 3.05) is 5.32 Å². The molecule has 0 unspecified atom stereocenters. The lowest BCUT2D eigenvalue weighted by Crippen LogP contribution is -1.96. The van der Waals surface area contributed by atoms with E-state index >= 15 is 0 Å². The van der Waals surface area contributed by atoms with Crippen LogP contribution in [0.15, 0.2) is 60.8 Å². The topological polar surface area (TPSA) is 72.2 Å². The van der Waals surface area contributed by atoms with Crippen molar-refractivity contribution in [3.8, 4) is 0 Å². The molecular weight excluding hydrogens is 292 g/mol. The van der Waals surface area contributed by atoms with Gasteiger partial charge < -0.3 is 5.32 Å². The van der Waals surface area contributed by atoms with Crippen LogP contribution in [0.4, 0.5) is 11.4 Å². The molecule has 0 saturated carbocycles. The first-order valence-electron chi connectivity index (χ1n) is 6.04. The van der Waals surface area contributed by atoms with Crippen LogP contribution in [0.2, 0.25) is 5.02 Å². The van der Waals surface area contributed by atoms with Gasteiger partial charge in [-0.2, -0.15) is 0 Å². The number of rotatable bonds is 5. The monoisotopic (exact) mass is 302 g/mol. The van der Waals surface area contributed by atoms with Gasteiger partial charge in [0.15, 0.2) is 5.78 Å². The van der Waals surface area contributed by atoms with Crippen LogP contribution in [0, 0.1) is 10.1 Å². The maximum absolute atomic E-state index is 11.8. The Hall–Kier alpha value is -2.66. The van der Waals surface area contributed by atoms with Crippen LogP contribution in [0.1, 0.15) is 10.4 Å². The van der Waals surface area contributed by atoms with E-state index in [1.807, 2.05) is 6.07 Å². The largest absolute Gasteiger partial charge is 0.361 e. The van der Waals surface area contributed by atoms with E-state index in [-0.39, 0.29) is 16.5 Å². The van der Waals surface area contributed by atoms with Crippen LogP contribution < -0.4 is 5.32 Å². The number of nitrogens with zero attached hydrogens (tertiary/aromatic N) is 1. The first kappa shape index (κ1) is 14.7. The van der Waals surface area contributed by atoms with Crippen molar-refractivity contribution in [3.63, 3.8) is 0 Å². The third-order valence-electron chi connectivity index (χ3n) is 2.69. The van der Waals surface area contributed by atoms with Crippen LogP contribution in [-0.4, -0.2) is 10.7 Å². The number of carbonyl (C=O) groups excluding carboxylic acids is 1.